The number of aromatic carboxylic acids is 1. The Kier molecular flexibility index (Phi) is 4.82. The molecule has 20 heavy (non-hydrogen) atoms. The second-order valence-electron chi connectivity index (χ2n) is 4.09. The lowest BCUT2D eigenvalue weighted by Crippen LogP contribution is -2.09. The first-order valence-corrected chi connectivity index (χ1v) is 7.40. The third-order valence-electron chi connectivity index (χ3n) is 2.75. The average Bonchev–Trinajstić information content (AvgIpc) is 2.78. The molecule has 1 aromatic heterocycles. The second-order valence-corrected chi connectivity index (χ2v) is 5.80. The van der Waals surface area contributed by atoms with Gasteiger partial charge in [0.2, 0.25) is 0 Å². The van der Waals surface area contributed by atoms with Gasteiger partial charge in [0.25, 0.3) is 0 Å². The van der Waals surface area contributed by atoms with Crippen molar-refractivity contribution in [3.8, 4) is 5.75 Å². The fraction of sp³-hybridized carbons (Fsp3) is 0.231. The zero-order valence-electron chi connectivity index (χ0n) is 10.6. The van der Waals surface area contributed by atoms with Gasteiger partial charge >= 0.3 is 5.97 Å². The molecule has 1 heterocycles. The number of carboxylic acids is 1. The highest BCUT2D eigenvalue weighted by Gasteiger charge is 2.12. The minimum atomic E-state index is -0.980. The molecule has 106 valence electrons. The number of nitrogens with zero attached hydrogens (tertiary/aromatic N) is 2. The summed E-state index contributed by atoms with van der Waals surface area (Å²) in [6, 6.07) is 3.04. The van der Waals surface area contributed by atoms with Gasteiger partial charge in [-0.05, 0) is 50.9 Å². The van der Waals surface area contributed by atoms with Gasteiger partial charge in [0.15, 0.2) is 0 Å². The molecule has 0 saturated carbocycles. The fourth-order valence-corrected chi connectivity index (χ4v) is 3.12. The van der Waals surface area contributed by atoms with E-state index < -0.39 is 5.97 Å². The van der Waals surface area contributed by atoms with E-state index in [1.54, 1.807) is 6.20 Å². The Balaban J connectivity index is 2.06. The quantitative estimate of drug-likeness (QED) is 0.829. The molecule has 2 rings (SSSR count). The summed E-state index contributed by atoms with van der Waals surface area (Å²) in [4.78, 5) is 15.1. The summed E-state index contributed by atoms with van der Waals surface area (Å²) < 4.78 is 8.88. The van der Waals surface area contributed by atoms with Crippen molar-refractivity contribution in [1.82, 2.24) is 9.55 Å². The van der Waals surface area contributed by atoms with E-state index in [-0.39, 0.29) is 5.56 Å². The molecule has 0 amide bonds. The van der Waals surface area contributed by atoms with Gasteiger partial charge in [-0.1, -0.05) is 0 Å². The zero-order valence-corrected chi connectivity index (χ0v) is 13.8. The molecule has 0 spiro atoms. The molecular weight excluding hydrogens is 392 g/mol. The van der Waals surface area contributed by atoms with Crippen LogP contribution in [-0.4, -0.2) is 27.2 Å². The molecule has 0 atom stereocenters. The fourth-order valence-electron chi connectivity index (χ4n) is 1.71. The molecule has 1 aromatic carbocycles. The van der Waals surface area contributed by atoms with E-state index in [0.29, 0.717) is 27.8 Å². The normalized spacial score (nSPS) is 10.6. The van der Waals surface area contributed by atoms with E-state index in [4.69, 9.17) is 9.84 Å². The van der Waals surface area contributed by atoms with Crippen LogP contribution < -0.4 is 4.74 Å². The van der Waals surface area contributed by atoms with E-state index in [9.17, 15) is 4.79 Å². The number of aromatic nitrogens is 2. The van der Waals surface area contributed by atoms with Crippen molar-refractivity contribution in [2.24, 2.45) is 0 Å². The smallest absolute Gasteiger partial charge is 0.335 e. The summed E-state index contributed by atoms with van der Waals surface area (Å²) >= 11 is 6.64. The Morgan fingerprint density at radius 3 is 2.55 bits per heavy atom. The lowest BCUT2D eigenvalue weighted by Gasteiger charge is -2.12. The van der Waals surface area contributed by atoms with Crippen LogP contribution in [0.25, 0.3) is 0 Å². The first-order valence-electron chi connectivity index (χ1n) is 5.82. The molecule has 0 aliphatic rings. The van der Waals surface area contributed by atoms with Crippen molar-refractivity contribution in [2.45, 2.75) is 13.5 Å². The highest BCUT2D eigenvalue weighted by atomic mass is 79.9. The lowest BCUT2D eigenvalue weighted by molar-refractivity contribution is 0.0696. The second kappa shape index (κ2) is 6.41. The molecule has 0 fully saturated rings. The van der Waals surface area contributed by atoms with Gasteiger partial charge in [-0.2, -0.15) is 0 Å². The van der Waals surface area contributed by atoms with Crippen molar-refractivity contribution in [2.75, 3.05) is 6.61 Å². The minimum absolute atomic E-state index is 0.196. The number of rotatable bonds is 5. The Morgan fingerprint density at radius 2 is 2.05 bits per heavy atom. The maximum Gasteiger partial charge on any atom is 0.335 e. The number of ether oxygens (including phenoxy) is 1. The molecule has 5 nitrogen and oxygen atoms in total. The van der Waals surface area contributed by atoms with E-state index in [1.165, 1.54) is 12.1 Å². The van der Waals surface area contributed by atoms with Crippen molar-refractivity contribution >= 4 is 37.8 Å². The van der Waals surface area contributed by atoms with Gasteiger partial charge in [0.1, 0.15) is 18.2 Å². The van der Waals surface area contributed by atoms with Gasteiger partial charge in [0, 0.05) is 12.4 Å². The average molecular weight is 404 g/mol. The molecule has 1 N–H and O–H groups in total. The Morgan fingerprint density at radius 1 is 1.40 bits per heavy atom. The van der Waals surface area contributed by atoms with Crippen LogP contribution in [0.5, 0.6) is 5.75 Å². The molecule has 0 saturated heterocycles. The molecular formula is C13H12Br2N2O3. The van der Waals surface area contributed by atoms with Crippen LogP contribution in [0.15, 0.2) is 33.5 Å². The predicted octanol–water partition coefficient (Wildman–Crippen LogP) is 3.49. The Labute approximate surface area is 132 Å². The number of benzene rings is 1. The van der Waals surface area contributed by atoms with Gasteiger partial charge in [-0.15, -0.1) is 0 Å². The summed E-state index contributed by atoms with van der Waals surface area (Å²) in [5, 5.41) is 8.96. The van der Waals surface area contributed by atoms with Crippen LogP contribution in [0.3, 0.4) is 0 Å². The van der Waals surface area contributed by atoms with Crippen LogP contribution in [0.4, 0.5) is 0 Å². The summed E-state index contributed by atoms with van der Waals surface area (Å²) in [6.07, 6.45) is 3.62. The third kappa shape index (κ3) is 3.40. The summed E-state index contributed by atoms with van der Waals surface area (Å²) in [6.45, 7) is 3.06. The first kappa shape index (κ1) is 15.1. The largest absolute Gasteiger partial charge is 0.489 e. The molecule has 0 unspecified atom stereocenters. The van der Waals surface area contributed by atoms with Gasteiger partial charge in [-0.3, -0.25) is 0 Å². The highest BCUT2D eigenvalue weighted by Crippen LogP contribution is 2.34. The maximum atomic E-state index is 10.9. The summed E-state index contributed by atoms with van der Waals surface area (Å²) in [5.74, 6) is 0.535. The first-order chi connectivity index (χ1) is 9.49. The molecule has 0 bridgehead atoms. The predicted molar refractivity (Wildman–Crippen MR) is 81.3 cm³/mol. The number of hydrogen-bond donors (Lipinski definition) is 1. The van der Waals surface area contributed by atoms with E-state index in [0.717, 1.165) is 5.82 Å². The van der Waals surface area contributed by atoms with Crippen LogP contribution in [0, 0.1) is 6.92 Å². The topological polar surface area (TPSA) is 64.4 Å². The van der Waals surface area contributed by atoms with Crippen LogP contribution in [-0.2, 0) is 6.54 Å². The number of carboxylic acid groups (broad SMARTS) is 1. The number of hydrogen-bond acceptors (Lipinski definition) is 3. The standard InChI is InChI=1S/C13H12Br2N2O3/c1-8-16-2-3-17(8)4-5-20-12-10(14)6-9(13(18)19)7-11(12)15/h2-3,6-7H,4-5H2,1H3,(H,18,19). The number of carbonyl (C=O) groups is 1. The molecule has 0 aliphatic carbocycles. The van der Waals surface area contributed by atoms with Crippen molar-refractivity contribution in [1.29, 1.82) is 0 Å². The van der Waals surface area contributed by atoms with Crippen LogP contribution in [0.2, 0.25) is 0 Å². The SMILES string of the molecule is Cc1nccn1CCOc1c(Br)cc(C(=O)O)cc1Br. The van der Waals surface area contributed by atoms with Gasteiger partial charge in [0.05, 0.1) is 21.1 Å². The molecule has 0 radical (unpaired) electrons. The molecule has 0 aliphatic heterocycles. The Hall–Kier alpha value is -1.34. The molecule has 2 aromatic rings. The zero-order chi connectivity index (χ0) is 14.7. The van der Waals surface area contributed by atoms with Crippen molar-refractivity contribution < 1.29 is 14.6 Å². The summed E-state index contributed by atoms with van der Waals surface area (Å²) in [5.41, 5.74) is 0.196. The van der Waals surface area contributed by atoms with Gasteiger partial charge < -0.3 is 14.4 Å². The van der Waals surface area contributed by atoms with Crippen molar-refractivity contribution in [3.63, 3.8) is 0 Å². The Bertz CT molecular complexity index is 617. The van der Waals surface area contributed by atoms with E-state index >= 15 is 0 Å². The van der Waals surface area contributed by atoms with E-state index in [1.807, 2.05) is 17.7 Å². The van der Waals surface area contributed by atoms with Crippen molar-refractivity contribution in [3.05, 3.63) is 44.9 Å². The highest BCUT2D eigenvalue weighted by molar-refractivity contribution is 9.11. The third-order valence-corrected chi connectivity index (χ3v) is 3.93. The lowest BCUT2D eigenvalue weighted by atomic mass is 10.2. The van der Waals surface area contributed by atoms with Gasteiger partial charge in [-0.25, -0.2) is 9.78 Å². The number of halogens is 2. The number of imidazole rings is 1. The minimum Gasteiger partial charge on any atom is -0.489 e. The monoisotopic (exact) mass is 402 g/mol. The van der Waals surface area contributed by atoms with Crippen LogP contribution in [0.1, 0.15) is 16.2 Å². The summed E-state index contributed by atoms with van der Waals surface area (Å²) in [7, 11) is 0. The molecule has 7 heteroatoms. The number of aryl methyl sites for hydroxylation is 1. The van der Waals surface area contributed by atoms with Crippen LogP contribution >= 0.6 is 31.9 Å². The maximum absolute atomic E-state index is 10.9. The van der Waals surface area contributed by atoms with E-state index in [2.05, 4.69) is 36.8 Å².